The first-order valence-corrected chi connectivity index (χ1v) is 8.57. The van der Waals surface area contributed by atoms with E-state index in [1.165, 1.54) is 0 Å². The van der Waals surface area contributed by atoms with E-state index in [-0.39, 0.29) is 11.8 Å². The van der Waals surface area contributed by atoms with Gasteiger partial charge in [0, 0.05) is 19.2 Å². The number of hydrogen-bond donors (Lipinski definition) is 0. The van der Waals surface area contributed by atoms with Crippen molar-refractivity contribution in [2.45, 2.75) is 5.92 Å². The van der Waals surface area contributed by atoms with E-state index < -0.39 is 0 Å². The van der Waals surface area contributed by atoms with Gasteiger partial charge in [-0.2, -0.15) is 4.98 Å². The molecule has 3 heterocycles. The summed E-state index contributed by atoms with van der Waals surface area (Å²) in [5.74, 6) is 1.36. The van der Waals surface area contributed by atoms with Crippen molar-refractivity contribution in [3.05, 3.63) is 65.4 Å². The van der Waals surface area contributed by atoms with Crippen LogP contribution in [0.4, 0.5) is 0 Å². The zero-order valence-electron chi connectivity index (χ0n) is 12.8. The minimum absolute atomic E-state index is 0.00750. The number of rotatable bonds is 4. The molecular weight excluding hydrogens is 322 g/mol. The second-order valence-corrected chi connectivity index (χ2v) is 6.57. The van der Waals surface area contributed by atoms with E-state index in [1.807, 2.05) is 53.9 Å². The van der Waals surface area contributed by atoms with E-state index in [9.17, 15) is 4.79 Å². The molecule has 5 nitrogen and oxygen atoms in total. The zero-order chi connectivity index (χ0) is 16.4. The highest BCUT2D eigenvalue weighted by atomic mass is 32.1. The molecule has 0 spiro atoms. The number of carbonyl (C=O) groups is 1. The highest BCUT2D eigenvalue weighted by molar-refractivity contribution is 7.13. The molecule has 120 valence electrons. The fraction of sp³-hybridized carbons (Fsp3) is 0.167. The molecule has 1 amide bonds. The number of amides is 1. The molecule has 0 N–H and O–H groups in total. The maximum absolute atomic E-state index is 12.1. The molecule has 1 aliphatic rings. The minimum Gasteiger partial charge on any atom is -0.339 e. The van der Waals surface area contributed by atoms with Gasteiger partial charge in [0.2, 0.25) is 17.6 Å². The van der Waals surface area contributed by atoms with Gasteiger partial charge in [-0.05, 0) is 23.1 Å². The highest BCUT2D eigenvalue weighted by Gasteiger charge is 2.34. The lowest BCUT2D eigenvalue weighted by Gasteiger charge is -2.36. The fourth-order valence-corrected chi connectivity index (χ4v) is 3.21. The van der Waals surface area contributed by atoms with Crippen molar-refractivity contribution in [1.82, 2.24) is 15.0 Å². The molecule has 4 rings (SSSR count). The molecule has 6 heteroatoms. The number of likely N-dealkylation sites (tertiary alicyclic amines) is 1. The summed E-state index contributed by atoms with van der Waals surface area (Å²) in [5, 5.41) is 5.99. The van der Waals surface area contributed by atoms with Crippen LogP contribution in [-0.2, 0) is 4.79 Å². The monoisotopic (exact) mass is 337 g/mol. The molecule has 0 saturated carbocycles. The predicted octanol–water partition coefficient (Wildman–Crippen LogP) is 3.44. The average Bonchev–Trinajstić information content (AvgIpc) is 3.24. The number of benzene rings is 1. The number of aromatic nitrogens is 2. The maximum Gasteiger partial charge on any atom is 0.246 e. The summed E-state index contributed by atoms with van der Waals surface area (Å²) in [6, 6.07) is 13.7. The highest BCUT2D eigenvalue weighted by Crippen LogP contribution is 2.29. The van der Waals surface area contributed by atoms with Crippen molar-refractivity contribution in [2.75, 3.05) is 13.1 Å². The average molecular weight is 337 g/mol. The molecule has 1 aromatic carbocycles. The van der Waals surface area contributed by atoms with Crippen LogP contribution in [0.1, 0.15) is 17.4 Å². The molecular formula is C18H15N3O2S. The van der Waals surface area contributed by atoms with Gasteiger partial charge in [0.25, 0.3) is 0 Å². The topological polar surface area (TPSA) is 59.2 Å². The number of nitrogens with zero attached hydrogens (tertiary/aromatic N) is 3. The summed E-state index contributed by atoms with van der Waals surface area (Å²) in [4.78, 5) is 19.3. The maximum atomic E-state index is 12.1. The van der Waals surface area contributed by atoms with Crippen LogP contribution in [0.5, 0.6) is 0 Å². The van der Waals surface area contributed by atoms with Gasteiger partial charge in [0.1, 0.15) is 0 Å². The van der Waals surface area contributed by atoms with Crippen LogP contribution < -0.4 is 0 Å². The lowest BCUT2D eigenvalue weighted by Crippen LogP contribution is -2.47. The molecule has 1 saturated heterocycles. The van der Waals surface area contributed by atoms with E-state index in [2.05, 4.69) is 10.1 Å². The Morgan fingerprint density at radius 1 is 1.21 bits per heavy atom. The first-order chi connectivity index (χ1) is 11.8. The second-order valence-electron chi connectivity index (χ2n) is 5.62. The van der Waals surface area contributed by atoms with Crippen LogP contribution in [0.25, 0.3) is 16.8 Å². The van der Waals surface area contributed by atoms with Crippen LogP contribution in [0.2, 0.25) is 0 Å². The second kappa shape index (κ2) is 6.41. The van der Waals surface area contributed by atoms with Gasteiger partial charge >= 0.3 is 0 Å². The van der Waals surface area contributed by atoms with Crippen molar-refractivity contribution in [2.24, 2.45) is 0 Å². The third-order valence-corrected chi connectivity index (χ3v) is 4.81. The van der Waals surface area contributed by atoms with Crippen LogP contribution in [0.15, 0.2) is 58.4 Å². The number of hydrogen-bond acceptors (Lipinski definition) is 5. The first kappa shape index (κ1) is 14.8. The number of carbonyl (C=O) groups excluding carboxylic acids is 1. The molecule has 0 radical (unpaired) electrons. The molecule has 1 aliphatic heterocycles. The van der Waals surface area contributed by atoms with E-state index in [0.29, 0.717) is 24.8 Å². The number of thiophene rings is 1. The Bertz CT molecular complexity index is 850. The Morgan fingerprint density at radius 3 is 2.79 bits per heavy atom. The van der Waals surface area contributed by atoms with E-state index in [4.69, 9.17) is 4.52 Å². The van der Waals surface area contributed by atoms with Crippen molar-refractivity contribution < 1.29 is 9.32 Å². The summed E-state index contributed by atoms with van der Waals surface area (Å²) in [6.07, 6.45) is 3.44. The summed E-state index contributed by atoms with van der Waals surface area (Å²) < 4.78 is 5.34. The van der Waals surface area contributed by atoms with Crippen LogP contribution in [-0.4, -0.2) is 34.0 Å². The largest absolute Gasteiger partial charge is 0.339 e. The van der Waals surface area contributed by atoms with Gasteiger partial charge in [-0.25, -0.2) is 0 Å². The van der Waals surface area contributed by atoms with Gasteiger partial charge in [-0.3, -0.25) is 4.79 Å². The Balaban J connectivity index is 1.35. The van der Waals surface area contributed by atoms with E-state index >= 15 is 0 Å². The third-order valence-electron chi connectivity index (χ3n) is 3.94. The van der Waals surface area contributed by atoms with E-state index in [0.717, 1.165) is 10.4 Å². The quantitative estimate of drug-likeness (QED) is 0.684. The molecule has 0 bridgehead atoms. The van der Waals surface area contributed by atoms with Crippen LogP contribution >= 0.6 is 11.3 Å². The van der Waals surface area contributed by atoms with Crippen molar-refractivity contribution >= 4 is 23.3 Å². The third kappa shape index (κ3) is 3.00. The first-order valence-electron chi connectivity index (χ1n) is 7.69. The zero-order valence-corrected chi connectivity index (χ0v) is 13.6. The van der Waals surface area contributed by atoms with Gasteiger partial charge < -0.3 is 9.42 Å². The van der Waals surface area contributed by atoms with Gasteiger partial charge in [0.15, 0.2) is 0 Å². The Hall–Kier alpha value is -2.73. The standard InChI is InChI=1S/C18H15N3O2S/c22-16(9-8-13-5-2-1-3-6-13)21-11-14(12-21)18-19-17(20-23-18)15-7-4-10-24-15/h1-10,14H,11-12H2/b9-8+. The molecule has 2 aromatic heterocycles. The Labute approximate surface area is 143 Å². The lowest BCUT2D eigenvalue weighted by atomic mass is 10.00. The van der Waals surface area contributed by atoms with Gasteiger partial charge in [-0.15, -0.1) is 11.3 Å². The van der Waals surface area contributed by atoms with Gasteiger partial charge in [-0.1, -0.05) is 41.6 Å². The van der Waals surface area contributed by atoms with Crippen LogP contribution in [0.3, 0.4) is 0 Å². The molecule has 24 heavy (non-hydrogen) atoms. The molecule has 3 aromatic rings. The van der Waals surface area contributed by atoms with Gasteiger partial charge in [0.05, 0.1) is 10.8 Å². The molecule has 1 fully saturated rings. The summed E-state index contributed by atoms with van der Waals surface area (Å²) in [6.45, 7) is 1.23. The summed E-state index contributed by atoms with van der Waals surface area (Å²) in [7, 11) is 0. The van der Waals surface area contributed by atoms with Crippen molar-refractivity contribution in [3.8, 4) is 10.7 Å². The smallest absolute Gasteiger partial charge is 0.246 e. The lowest BCUT2D eigenvalue weighted by molar-refractivity contribution is -0.130. The molecule has 0 atom stereocenters. The SMILES string of the molecule is O=C(/C=C/c1ccccc1)N1CC(c2nc(-c3cccs3)no2)C1. The minimum atomic E-state index is 0.00750. The summed E-state index contributed by atoms with van der Waals surface area (Å²) in [5.41, 5.74) is 1.01. The van der Waals surface area contributed by atoms with E-state index in [1.54, 1.807) is 22.3 Å². The summed E-state index contributed by atoms with van der Waals surface area (Å²) >= 11 is 1.58. The fourth-order valence-electron chi connectivity index (χ4n) is 2.56. The van der Waals surface area contributed by atoms with Crippen molar-refractivity contribution in [1.29, 1.82) is 0 Å². The van der Waals surface area contributed by atoms with Crippen LogP contribution in [0, 0.1) is 0 Å². The Kier molecular flexibility index (Phi) is 3.96. The van der Waals surface area contributed by atoms with Crippen molar-refractivity contribution in [3.63, 3.8) is 0 Å². The normalized spacial score (nSPS) is 14.9. The molecule has 0 unspecified atom stereocenters. The molecule has 0 aliphatic carbocycles. The predicted molar refractivity (Wildman–Crippen MR) is 92.4 cm³/mol. The Morgan fingerprint density at radius 2 is 2.04 bits per heavy atom.